The van der Waals surface area contributed by atoms with Gasteiger partial charge in [0.1, 0.15) is 22.8 Å². The molecule has 0 saturated carbocycles. The minimum atomic E-state index is -1.27. The van der Waals surface area contributed by atoms with Gasteiger partial charge in [-0.1, -0.05) is 11.2 Å². The van der Waals surface area contributed by atoms with Crippen molar-refractivity contribution in [3.63, 3.8) is 0 Å². The highest BCUT2D eigenvalue weighted by atomic mass is 32.2. The van der Waals surface area contributed by atoms with E-state index in [1.54, 1.807) is 41.2 Å². The number of pyridine rings is 1. The van der Waals surface area contributed by atoms with E-state index in [1.165, 1.54) is 17.1 Å². The summed E-state index contributed by atoms with van der Waals surface area (Å²) in [6.07, 6.45) is 6.69. The van der Waals surface area contributed by atoms with E-state index in [0.717, 1.165) is 16.2 Å². The first-order chi connectivity index (χ1) is 17.2. The standard InChI is InChI=1S/C21H19N7O6S2/c22-16(29)10-3-6-27(7-4-10)5-1-2-11-8-35-19-14(18(31)28(19)15(11)20(32)33)25-17(30)13(26-34)12-9-36-21(23)24-12/h1-4,6-7,9,14,19H,5,8H2,(H6-,22,23,24,25,29,30,32,33,34)/p+1/b2-1+/t14-,19+/m1/s1. The van der Waals surface area contributed by atoms with Crippen molar-refractivity contribution < 1.29 is 34.1 Å². The quantitative estimate of drug-likeness (QED) is 0.0959. The minimum absolute atomic E-state index is 0.0538. The lowest BCUT2D eigenvalue weighted by Crippen LogP contribution is -2.71. The average Bonchev–Trinajstić information content (AvgIpc) is 3.28. The molecule has 186 valence electrons. The van der Waals surface area contributed by atoms with E-state index >= 15 is 0 Å². The zero-order valence-electron chi connectivity index (χ0n) is 18.4. The van der Waals surface area contributed by atoms with Gasteiger partial charge in [-0.2, -0.15) is 0 Å². The van der Waals surface area contributed by atoms with Crippen molar-refractivity contribution in [1.82, 2.24) is 15.2 Å². The molecule has 1 saturated heterocycles. The van der Waals surface area contributed by atoms with Gasteiger partial charge in [0.2, 0.25) is 5.91 Å². The second-order valence-electron chi connectivity index (χ2n) is 7.61. The Hall–Kier alpha value is -4.24. The number of thiazole rings is 1. The van der Waals surface area contributed by atoms with Crippen LogP contribution in [0, 0.1) is 0 Å². The summed E-state index contributed by atoms with van der Waals surface area (Å²) in [6.45, 7) is 0.389. The number of thioether (sulfide) groups is 1. The topological polar surface area (TPSA) is 205 Å². The van der Waals surface area contributed by atoms with Crippen molar-refractivity contribution in [2.24, 2.45) is 10.9 Å². The molecule has 36 heavy (non-hydrogen) atoms. The van der Waals surface area contributed by atoms with E-state index in [0.29, 0.717) is 17.7 Å². The van der Waals surface area contributed by atoms with E-state index in [2.05, 4.69) is 15.5 Å². The van der Waals surface area contributed by atoms with Crippen LogP contribution < -0.4 is 21.4 Å². The first-order valence-corrected chi connectivity index (χ1v) is 12.2. The molecule has 2 atom stereocenters. The maximum Gasteiger partial charge on any atom is 0.352 e. The Kier molecular flexibility index (Phi) is 7.03. The monoisotopic (exact) mass is 530 g/mol. The van der Waals surface area contributed by atoms with E-state index in [9.17, 15) is 29.5 Å². The summed E-state index contributed by atoms with van der Waals surface area (Å²) in [5.41, 5.74) is 11.1. The van der Waals surface area contributed by atoms with Crippen molar-refractivity contribution >= 4 is 57.6 Å². The maximum absolute atomic E-state index is 12.8. The first kappa shape index (κ1) is 24.9. The van der Waals surface area contributed by atoms with Crippen LogP contribution >= 0.6 is 23.1 Å². The lowest BCUT2D eigenvalue weighted by atomic mass is 10.0. The van der Waals surface area contributed by atoms with Crippen molar-refractivity contribution in [3.8, 4) is 0 Å². The summed E-state index contributed by atoms with van der Waals surface area (Å²) in [5.74, 6) is -2.97. The summed E-state index contributed by atoms with van der Waals surface area (Å²) in [4.78, 5) is 53.6. The van der Waals surface area contributed by atoms with Crippen molar-refractivity contribution in [2.45, 2.75) is 18.0 Å². The van der Waals surface area contributed by atoms with Gasteiger partial charge in [0.05, 0.1) is 5.56 Å². The normalized spacial score (nSPS) is 19.7. The number of hydrogen-bond acceptors (Lipinski definition) is 10. The predicted octanol–water partition coefficient (Wildman–Crippen LogP) is -0.715. The van der Waals surface area contributed by atoms with Crippen LogP contribution in [0.5, 0.6) is 0 Å². The van der Waals surface area contributed by atoms with Crippen molar-refractivity contribution in [1.29, 1.82) is 0 Å². The van der Waals surface area contributed by atoms with Crippen LogP contribution in [0.3, 0.4) is 0 Å². The molecule has 15 heteroatoms. The van der Waals surface area contributed by atoms with Crippen LogP contribution in [-0.2, 0) is 20.9 Å². The molecule has 2 aliphatic rings. The molecule has 2 aliphatic heterocycles. The molecule has 4 heterocycles. The number of aromatic nitrogens is 2. The molecule has 0 spiro atoms. The smallest absolute Gasteiger partial charge is 0.352 e. The average molecular weight is 531 g/mol. The lowest BCUT2D eigenvalue weighted by molar-refractivity contribution is -0.687. The van der Waals surface area contributed by atoms with Gasteiger partial charge in [-0.15, -0.1) is 23.1 Å². The molecule has 13 nitrogen and oxygen atoms in total. The Morgan fingerprint density at radius 2 is 2.06 bits per heavy atom. The minimum Gasteiger partial charge on any atom is -0.477 e. The molecular weight excluding hydrogens is 510 g/mol. The molecule has 0 aromatic carbocycles. The van der Waals surface area contributed by atoms with E-state index in [1.807, 2.05) is 0 Å². The van der Waals surface area contributed by atoms with Crippen LogP contribution in [0.25, 0.3) is 0 Å². The van der Waals surface area contributed by atoms with Crippen LogP contribution in [0.1, 0.15) is 16.1 Å². The number of carbonyl (C=O) groups is 4. The summed E-state index contributed by atoms with van der Waals surface area (Å²) in [5, 5.41) is 25.5. The number of β-lactam (4-membered cyclic amide) rings is 1. The van der Waals surface area contributed by atoms with Crippen LogP contribution in [0.15, 0.2) is 58.5 Å². The SMILES string of the molecule is NC(=O)c1cc[n+](C/C=C/C2=C(C(=O)O)N3C(=O)[C@@H](NC(=O)C(=NO)c4csc(N)n4)[C@@H]3SC2)cc1. The Balaban J connectivity index is 1.46. The highest BCUT2D eigenvalue weighted by molar-refractivity contribution is 8.00. The summed E-state index contributed by atoms with van der Waals surface area (Å²) in [7, 11) is 0. The molecule has 3 amide bonds. The van der Waals surface area contributed by atoms with E-state index < -0.39 is 40.8 Å². The fourth-order valence-corrected chi connectivity index (χ4v) is 5.52. The number of carboxylic acid groups (broad SMARTS) is 1. The number of oxime groups is 1. The number of nitrogens with one attached hydrogen (secondary N) is 1. The number of nitrogens with two attached hydrogens (primary N) is 2. The zero-order chi connectivity index (χ0) is 26.0. The highest BCUT2D eigenvalue weighted by Gasteiger charge is 2.54. The number of aliphatic carboxylic acids is 1. The fraction of sp³-hybridized carbons (Fsp3) is 0.190. The number of primary amides is 1. The number of carbonyl (C=O) groups excluding carboxylic acids is 3. The van der Waals surface area contributed by atoms with Crippen LogP contribution in [0.4, 0.5) is 5.13 Å². The molecule has 0 aliphatic carbocycles. The first-order valence-electron chi connectivity index (χ1n) is 10.3. The number of allylic oxidation sites excluding steroid dienone is 2. The van der Waals surface area contributed by atoms with Gasteiger partial charge < -0.3 is 27.1 Å². The Labute approximate surface area is 211 Å². The van der Waals surface area contributed by atoms with E-state index in [-0.39, 0.29) is 22.3 Å². The van der Waals surface area contributed by atoms with Gasteiger partial charge in [-0.3, -0.25) is 19.3 Å². The second-order valence-corrected chi connectivity index (χ2v) is 9.60. The molecule has 0 bridgehead atoms. The number of nitrogens with zero attached hydrogens (tertiary/aromatic N) is 4. The van der Waals surface area contributed by atoms with Gasteiger partial charge in [0, 0.05) is 23.3 Å². The molecule has 7 N–H and O–H groups in total. The highest BCUT2D eigenvalue weighted by Crippen LogP contribution is 2.40. The van der Waals surface area contributed by atoms with Gasteiger partial charge in [-0.05, 0) is 11.6 Å². The van der Waals surface area contributed by atoms with E-state index in [4.69, 9.17) is 11.5 Å². The molecule has 0 unspecified atom stereocenters. The number of anilines is 1. The van der Waals surface area contributed by atoms with Gasteiger partial charge in [0.15, 0.2) is 29.8 Å². The number of fused-ring (bicyclic) bond motifs is 1. The number of hydrogen-bond donors (Lipinski definition) is 5. The summed E-state index contributed by atoms with van der Waals surface area (Å²) >= 11 is 2.34. The largest absolute Gasteiger partial charge is 0.477 e. The maximum atomic E-state index is 12.8. The van der Waals surface area contributed by atoms with Gasteiger partial charge in [0.25, 0.3) is 11.8 Å². The Morgan fingerprint density at radius 3 is 2.64 bits per heavy atom. The van der Waals surface area contributed by atoms with Crippen molar-refractivity contribution in [2.75, 3.05) is 11.5 Å². The molecule has 2 aromatic rings. The zero-order valence-corrected chi connectivity index (χ0v) is 20.0. The molecule has 2 aromatic heterocycles. The number of amides is 3. The second kappa shape index (κ2) is 10.2. The number of carboxylic acids is 1. The lowest BCUT2D eigenvalue weighted by Gasteiger charge is -2.49. The molecule has 1 fully saturated rings. The van der Waals surface area contributed by atoms with Crippen LogP contribution in [0.2, 0.25) is 0 Å². The number of rotatable bonds is 8. The Bertz CT molecular complexity index is 1330. The Morgan fingerprint density at radius 1 is 1.33 bits per heavy atom. The third-order valence-corrected chi connectivity index (χ3v) is 7.35. The third-order valence-electron chi connectivity index (χ3n) is 5.38. The van der Waals surface area contributed by atoms with Gasteiger partial charge >= 0.3 is 5.97 Å². The van der Waals surface area contributed by atoms with Crippen molar-refractivity contribution in [3.05, 3.63) is 64.6 Å². The van der Waals surface area contributed by atoms with Gasteiger partial charge in [-0.25, -0.2) is 14.3 Å². The summed E-state index contributed by atoms with van der Waals surface area (Å²) in [6, 6.07) is 2.14. The fourth-order valence-electron chi connectivity index (χ4n) is 3.65. The third kappa shape index (κ3) is 4.78. The van der Waals surface area contributed by atoms with Crippen LogP contribution in [-0.4, -0.2) is 66.8 Å². The molecule has 0 radical (unpaired) electrons. The predicted molar refractivity (Wildman–Crippen MR) is 129 cm³/mol. The summed E-state index contributed by atoms with van der Waals surface area (Å²) < 4.78 is 1.76. The number of nitrogen functional groups attached to an aromatic ring is 1. The molecular formula is C21H20N7O6S2+. The molecule has 4 rings (SSSR count).